The van der Waals surface area contributed by atoms with Crippen molar-refractivity contribution in [3.05, 3.63) is 0 Å². The van der Waals surface area contributed by atoms with Crippen LogP contribution in [0.3, 0.4) is 0 Å². The molecule has 0 aliphatic carbocycles. The number of hydrogen-bond acceptors (Lipinski definition) is 5. The monoisotopic (exact) mass is 343 g/mol. The third-order valence-corrected chi connectivity index (χ3v) is 3.30. The van der Waals surface area contributed by atoms with Crippen molar-refractivity contribution >= 4 is 23.9 Å². The van der Waals surface area contributed by atoms with Gasteiger partial charge >= 0.3 is 12.1 Å². The topological polar surface area (TPSA) is 125 Å². The quantitative estimate of drug-likeness (QED) is 0.643. The van der Waals surface area contributed by atoms with Gasteiger partial charge in [-0.3, -0.25) is 14.4 Å². The number of piperidine rings is 1. The van der Waals surface area contributed by atoms with E-state index in [0.717, 1.165) is 0 Å². The van der Waals surface area contributed by atoms with Crippen molar-refractivity contribution in [1.29, 1.82) is 0 Å². The highest BCUT2D eigenvalue weighted by atomic mass is 16.6. The molecule has 9 heteroatoms. The Balaban J connectivity index is 2.43. The lowest BCUT2D eigenvalue weighted by atomic mass is 9.97. The Morgan fingerprint density at radius 2 is 1.83 bits per heavy atom. The molecule has 1 aliphatic rings. The molecule has 1 rings (SSSR count). The summed E-state index contributed by atoms with van der Waals surface area (Å²) in [5.74, 6) is -2.49. The largest absolute Gasteiger partial charge is 0.480 e. The standard InChI is InChI=1S/C15H25N3O6/c1-15(2,3)24-14(23)18-6-4-5-10(9-18)13(22)17-7-11(19)16-8-12(20)21/h10H,4-9H2,1-3H3,(H,16,19)(H,17,22)(H,20,21). The van der Waals surface area contributed by atoms with Gasteiger partial charge in [-0.1, -0.05) is 0 Å². The Morgan fingerprint density at radius 3 is 2.42 bits per heavy atom. The van der Waals surface area contributed by atoms with E-state index in [2.05, 4.69) is 10.6 Å². The zero-order valence-electron chi connectivity index (χ0n) is 14.3. The fourth-order valence-corrected chi connectivity index (χ4v) is 2.23. The van der Waals surface area contributed by atoms with E-state index in [1.807, 2.05) is 0 Å². The van der Waals surface area contributed by atoms with E-state index in [1.165, 1.54) is 4.90 Å². The van der Waals surface area contributed by atoms with Crippen LogP contribution in [0.5, 0.6) is 0 Å². The van der Waals surface area contributed by atoms with Crippen molar-refractivity contribution in [2.24, 2.45) is 5.92 Å². The van der Waals surface area contributed by atoms with E-state index in [9.17, 15) is 19.2 Å². The van der Waals surface area contributed by atoms with Crippen LogP contribution in [0.4, 0.5) is 4.79 Å². The average molecular weight is 343 g/mol. The van der Waals surface area contributed by atoms with E-state index >= 15 is 0 Å². The molecular formula is C15H25N3O6. The number of amides is 3. The van der Waals surface area contributed by atoms with Gasteiger partial charge < -0.3 is 25.4 Å². The van der Waals surface area contributed by atoms with Crippen LogP contribution in [0, 0.1) is 5.92 Å². The van der Waals surface area contributed by atoms with Crippen LogP contribution in [-0.4, -0.2) is 65.7 Å². The number of ether oxygens (including phenoxy) is 1. The first-order chi connectivity index (χ1) is 11.1. The molecule has 9 nitrogen and oxygen atoms in total. The van der Waals surface area contributed by atoms with E-state index in [4.69, 9.17) is 9.84 Å². The van der Waals surface area contributed by atoms with Gasteiger partial charge in [-0.25, -0.2) is 4.79 Å². The third kappa shape index (κ3) is 7.30. The van der Waals surface area contributed by atoms with Crippen LogP contribution in [0.25, 0.3) is 0 Å². The number of carbonyl (C=O) groups excluding carboxylic acids is 3. The molecule has 3 amide bonds. The highest BCUT2D eigenvalue weighted by Crippen LogP contribution is 2.19. The molecule has 0 bridgehead atoms. The van der Waals surface area contributed by atoms with Gasteiger partial charge in [-0.2, -0.15) is 0 Å². The summed E-state index contributed by atoms with van der Waals surface area (Å²) in [5.41, 5.74) is -0.603. The Kier molecular flexibility index (Phi) is 6.99. The molecule has 0 saturated carbocycles. The predicted octanol–water partition coefficient (Wildman–Crippen LogP) is -0.0495. The molecule has 3 N–H and O–H groups in total. The molecule has 0 spiro atoms. The summed E-state index contributed by atoms with van der Waals surface area (Å²) in [6.07, 6.45) is 0.823. The second kappa shape index (κ2) is 8.51. The second-order valence-electron chi connectivity index (χ2n) is 6.65. The van der Waals surface area contributed by atoms with Gasteiger partial charge in [-0.15, -0.1) is 0 Å². The molecule has 1 unspecified atom stereocenters. The number of nitrogens with one attached hydrogen (secondary N) is 2. The van der Waals surface area contributed by atoms with Crippen molar-refractivity contribution in [2.45, 2.75) is 39.2 Å². The maximum absolute atomic E-state index is 12.1. The number of likely N-dealkylation sites (tertiary alicyclic amines) is 1. The number of carboxylic acid groups (broad SMARTS) is 1. The van der Waals surface area contributed by atoms with Gasteiger partial charge in [0.25, 0.3) is 0 Å². The Morgan fingerprint density at radius 1 is 1.17 bits per heavy atom. The van der Waals surface area contributed by atoms with Gasteiger partial charge in [0.05, 0.1) is 12.5 Å². The Bertz CT molecular complexity index is 500. The summed E-state index contributed by atoms with van der Waals surface area (Å²) in [6, 6.07) is 0. The lowest BCUT2D eigenvalue weighted by Crippen LogP contribution is -2.48. The minimum atomic E-state index is -1.16. The molecule has 1 heterocycles. The molecule has 1 fully saturated rings. The number of nitrogens with zero attached hydrogens (tertiary/aromatic N) is 1. The van der Waals surface area contributed by atoms with Crippen LogP contribution in [-0.2, 0) is 19.1 Å². The lowest BCUT2D eigenvalue weighted by Gasteiger charge is -2.33. The Hall–Kier alpha value is -2.32. The summed E-state index contributed by atoms with van der Waals surface area (Å²) in [4.78, 5) is 47.4. The number of rotatable bonds is 5. The molecule has 136 valence electrons. The van der Waals surface area contributed by atoms with E-state index < -0.39 is 36.0 Å². The predicted molar refractivity (Wildman–Crippen MR) is 84.2 cm³/mol. The highest BCUT2D eigenvalue weighted by molar-refractivity contribution is 5.87. The summed E-state index contributed by atoms with van der Waals surface area (Å²) >= 11 is 0. The van der Waals surface area contributed by atoms with Crippen molar-refractivity contribution < 1.29 is 29.0 Å². The van der Waals surface area contributed by atoms with Gasteiger partial charge in [0.2, 0.25) is 11.8 Å². The molecule has 0 aromatic heterocycles. The number of carbonyl (C=O) groups is 4. The molecule has 1 aliphatic heterocycles. The van der Waals surface area contributed by atoms with Crippen molar-refractivity contribution in [3.8, 4) is 0 Å². The molecule has 24 heavy (non-hydrogen) atoms. The van der Waals surface area contributed by atoms with Crippen LogP contribution >= 0.6 is 0 Å². The van der Waals surface area contributed by atoms with E-state index in [1.54, 1.807) is 20.8 Å². The number of carboxylic acids is 1. The van der Waals surface area contributed by atoms with Crippen LogP contribution in [0.1, 0.15) is 33.6 Å². The third-order valence-electron chi connectivity index (χ3n) is 3.30. The fourth-order valence-electron chi connectivity index (χ4n) is 2.23. The maximum Gasteiger partial charge on any atom is 0.410 e. The van der Waals surface area contributed by atoms with E-state index in [0.29, 0.717) is 19.4 Å². The van der Waals surface area contributed by atoms with Gasteiger partial charge in [0.1, 0.15) is 12.1 Å². The van der Waals surface area contributed by atoms with Crippen molar-refractivity contribution in [1.82, 2.24) is 15.5 Å². The normalized spacial score (nSPS) is 17.8. The molecule has 1 atom stereocenters. The SMILES string of the molecule is CC(C)(C)OC(=O)N1CCCC(C(=O)NCC(=O)NCC(=O)O)C1. The summed E-state index contributed by atoms with van der Waals surface area (Å²) < 4.78 is 5.29. The number of aliphatic carboxylic acids is 1. The molecular weight excluding hydrogens is 318 g/mol. The fraction of sp³-hybridized carbons (Fsp3) is 0.733. The first-order valence-electron chi connectivity index (χ1n) is 7.82. The smallest absolute Gasteiger partial charge is 0.410 e. The van der Waals surface area contributed by atoms with Gasteiger partial charge in [0.15, 0.2) is 0 Å². The lowest BCUT2D eigenvalue weighted by molar-refractivity contribution is -0.137. The average Bonchev–Trinajstić information content (AvgIpc) is 2.49. The minimum absolute atomic E-state index is 0.234. The van der Waals surface area contributed by atoms with Crippen molar-refractivity contribution in [3.63, 3.8) is 0 Å². The zero-order chi connectivity index (χ0) is 18.3. The summed E-state index contributed by atoms with van der Waals surface area (Å²) in [6.45, 7) is 5.28. The van der Waals surface area contributed by atoms with Crippen LogP contribution in [0.15, 0.2) is 0 Å². The first kappa shape index (κ1) is 19.7. The minimum Gasteiger partial charge on any atom is -0.480 e. The summed E-state index contributed by atoms with van der Waals surface area (Å²) in [7, 11) is 0. The van der Waals surface area contributed by atoms with Gasteiger partial charge in [0, 0.05) is 13.1 Å². The highest BCUT2D eigenvalue weighted by Gasteiger charge is 2.31. The Labute approximate surface area is 140 Å². The van der Waals surface area contributed by atoms with E-state index in [-0.39, 0.29) is 19.0 Å². The molecule has 1 saturated heterocycles. The summed E-state index contributed by atoms with van der Waals surface area (Å²) in [5, 5.41) is 13.1. The number of hydrogen-bond donors (Lipinski definition) is 3. The van der Waals surface area contributed by atoms with Crippen LogP contribution < -0.4 is 10.6 Å². The molecule has 0 radical (unpaired) electrons. The first-order valence-corrected chi connectivity index (χ1v) is 7.82. The molecule has 0 aromatic carbocycles. The maximum atomic E-state index is 12.1. The van der Waals surface area contributed by atoms with Crippen molar-refractivity contribution in [2.75, 3.05) is 26.2 Å². The second-order valence-corrected chi connectivity index (χ2v) is 6.65. The van der Waals surface area contributed by atoms with Gasteiger partial charge in [-0.05, 0) is 33.6 Å². The zero-order valence-corrected chi connectivity index (χ0v) is 14.3. The van der Waals surface area contributed by atoms with Crippen LogP contribution in [0.2, 0.25) is 0 Å². The molecule has 0 aromatic rings.